The Hall–Kier alpha value is -1.42. The lowest BCUT2D eigenvalue weighted by Crippen LogP contribution is -2.10. The predicted molar refractivity (Wildman–Crippen MR) is 55.7 cm³/mol. The summed E-state index contributed by atoms with van der Waals surface area (Å²) < 4.78 is 5.52. The summed E-state index contributed by atoms with van der Waals surface area (Å²) >= 11 is 0. The zero-order chi connectivity index (χ0) is 10.7. The van der Waals surface area contributed by atoms with Gasteiger partial charge in [0.2, 0.25) is 0 Å². The third kappa shape index (κ3) is 2.76. The fraction of sp³-hybridized carbons (Fsp3) is 0.455. The van der Waals surface area contributed by atoms with E-state index in [2.05, 4.69) is 10.2 Å². The van der Waals surface area contributed by atoms with Crippen LogP contribution >= 0.6 is 0 Å². The van der Waals surface area contributed by atoms with Crippen LogP contribution in [0, 0.1) is 0 Å². The standard InChI is InChI=1S/C11H14N2O2/c1-11(12-13-11)6-7-15-10-4-2-9(8-14)3-5-10/h2-5,14H,6-8H2,1H3. The van der Waals surface area contributed by atoms with Crippen LogP contribution in [0.4, 0.5) is 0 Å². The van der Waals surface area contributed by atoms with Crippen molar-refractivity contribution in [2.24, 2.45) is 10.2 Å². The van der Waals surface area contributed by atoms with Gasteiger partial charge in [-0.1, -0.05) is 12.1 Å². The average molecular weight is 206 g/mol. The monoisotopic (exact) mass is 206 g/mol. The lowest BCUT2D eigenvalue weighted by atomic mass is 10.2. The van der Waals surface area contributed by atoms with Crippen molar-refractivity contribution in [3.05, 3.63) is 29.8 Å². The Balaban J connectivity index is 1.78. The normalized spacial score (nSPS) is 16.4. The van der Waals surface area contributed by atoms with Gasteiger partial charge in [-0.3, -0.25) is 0 Å². The SMILES string of the molecule is CC1(CCOc2ccc(CO)cc2)N=N1. The summed E-state index contributed by atoms with van der Waals surface area (Å²) in [6.07, 6.45) is 0.814. The van der Waals surface area contributed by atoms with Gasteiger partial charge in [0.25, 0.3) is 0 Å². The smallest absolute Gasteiger partial charge is 0.191 e. The highest BCUT2D eigenvalue weighted by Gasteiger charge is 2.33. The van der Waals surface area contributed by atoms with Crippen LogP contribution in [-0.4, -0.2) is 17.4 Å². The fourth-order valence-electron chi connectivity index (χ4n) is 1.24. The van der Waals surface area contributed by atoms with E-state index in [0.717, 1.165) is 17.7 Å². The second kappa shape index (κ2) is 3.98. The first kappa shape index (κ1) is 10.1. The van der Waals surface area contributed by atoms with Crippen LogP contribution in [0.25, 0.3) is 0 Å². The summed E-state index contributed by atoms with van der Waals surface area (Å²) in [7, 11) is 0. The largest absolute Gasteiger partial charge is 0.493 e. The Morgan fingerprint density at radius 1 is 1.27 bits per heavy atom. The van der Waals surface area contributed by atoms with E-state index in [9.17, 15) is 0 Å². The van der Waals surface area contributed by atoms with E-state index in [4.69, 9.17) is 9.84 Å². The quantitative estimate of drug-likeness (QED) is 0.802. The molecule has 4 nitrogen and oxygen atoms in total. The molecular formula is C11H14N2O2. The Kier molecular flexibility index (Phi) is 2.68. The fourth-order valence-corrected chi connectivity index (χ4v) is 1.24. The summed E-state index contributed by atoms with van der Waals surface area (Å²) in [5, 5.41) is 16.7. The molecule has 4 heteroatoms. The van der Waals surface area contributed by atoms with Crippen LogP contribution in [-0.2, 0) is 6.61 Å². The number of hydrogen-bond acceptors (Lipinski definition) is 4. The van der Waals surface area contributed by atoms with Gasteiger partial charge >= 0.3 is 0 Å². The van der Waals surface area contributed by atoms with Crippen molar-refractivity contribution in [3.63, 3.8) is 0 Å². The van der Waals surface area contributed by atoms with Crippen molar-refractivity contribution in [1.29, 1.82) is 0 Å². The number of hydrogen-bond donors (Lipinski definition) is 1. The number of nitrogens with zero attached hydrogens (tertiary/aromatic N) is 2. The maximum Gasteiger partial charge on any atom is 0.191 e. The van der Waals surface area contributed by atoms with Crippen LogP contribution in [0.5, 0.6) is 5.75 Å². The lowest BCUT2D eigenvalue weighted by molar-refractivity contribution is 0.280. The molecule has 80 valence electrons. The molecule has 1 aromatic rings. The minimum Gasteiger partial charge on any atom is -0.493 e. The molecule has 0 unspecified atom stereocenters. The summed E-state index contributed by atoms with van der Waals surface area (Å²) in [5.74, 6) is 0.816. The lowest BCUT2D eigenvalue weighted by Gasteiger charge is -2.07. The second-order valence-electron chi connectivity index (χ2n) is 3.82. The number of aliphatic hydroxyl groups is 1. The molecule has 0 fully saturated rings. The van der Waals surface area contributed by atoms with Gasteiger partial charge in [0.05, 0.1) is 13.2 Å². The van der Waals surface area contributed by atoms with E-state index in [1.165, 1.54) is 0 Å². The summed E-state index contributed by atoms with van der Waals surface area (Å²) in [5.41, 5.74) is 0.701. The highest BCUT2D eigenvalue weighted by Crippen LogP contribution is 2.30. The topological polar surface area (TPSA) is 54.2 Å². The maximum absolute atomic E-state index is 8.85. The third-order valence-corrected chi connectivity index (χ3v) is 2.39. The van der Waals surface area contributed by atoms with E-state index in [1.807, 2.05) is 31.2 Å². The molecule has 0 aromatic heterocycles. The molecule has 0 spiro atoms. The third-order valence-electron chi connectivity index (χ3n) is 2.39. The molecule has 2 rings (SSSR count). The van der Waals surface area contributed by atoms with Crippen molar-refractivity contribution in [2.75, 3.05) is 6.61 Å². The molecular weight excluding hydrogens is 192 g/mol. The van der Waals surface area contributed by atoms with Crippen molar-refractivity contribution in [3.8, 4) is 5.75 Å². The van der Waals surface area contributed by atoms with Gasteiger partial charge in [0, 0.05) is 6.42 Å². The Bertz CT molecular complexity index is 353. The minimum atomic E-state index is -0.189. The van der Waals surface area contributed by atoms with Crippen LogP contribution in [0.1, 0.15) is 18.9 Å². The maximum atomic E-state index is 8.85. The van der Waals surface area contributed by atoms with Crippen LogP contribution < -0.4 is 4.74 Å². The zero-order valence-electron chi connectivity index (χ0n) is 8.68. The van der Waals surface area contributed by atoms with Crippen LogP contribution in [0.3, 0.4) is 0 Å². The molecule has 1 N–H and O–H groups in total. The van der Waals surface area contributed by atoms with Gasteiger partial charge in [0.1, 0.15) is 5.75 Å². The molecule has 0 radical (unpaired) electrons. The van der Waals surface area contributed by atoms with Gasteiger partial charge in [0.15, 0.2) is 5.66 Å². The van der Waals surface area contributed by atoms with Gasteiger partial charge in [-0.25, -0.2) is 0 Å². The van der Waals surface area contributed by atoms with Crippen molar-refractivity contribution in [2.45, 2.75) is 25.6 Å². The van der Waals surface area contributed by atoms with Crippen LogP contribution in [0.15, 0.2) is 34.5 Å². The van der Waals surface area contributed by atoms with E-state index >= 15 is 0 Å². The molecule has 0 bridgehead atoms. The first-order valence-electron chi connectivity index (χ1n) is 4.98. The van der Waals surface area contributed by atoms with E-state index < -0.39 is 0 Å². The molecule has 0 amide bonds. The van der Waals surface area contributed by atoms with E-state index in [0.29, 0.717) is 6.61 Å². The number of aliphatic hydroxyl groups excluding tert-OH is 1. The van der Waals surface area contributed by atoms with Crippen LogP contribution in [0.2, 0.25) is 0 Å². The number of rotatable bonds is 5. The molecule has 1 aromatic carbocycles. The average Bonchev–Trinajstić information content (AvgIpc) is 2.98. The number of benzene rings is 1. The highest BCUT2D eigenvalue weighted by atomic mass is 16.5. The second-order valence-corrected chi connectivity index (χ2v) is 3.82. The molecule has 1 heterocycles. The zero-order valence-corrected chi connectivity index (χ0v) is 8.68. The molecule has 0 atom stereocenters. The molecule has 1 aliphatic heterocycles. The Morgan fingerprint density at radius 2 is 1.93 bits per heavy atom. The number of ether oxygens (including phenoxy) is 1. The Morgan fingerprint density at radius 3 is 2.47 bits per heavy atom. The summed E-state index contributed by atoms with van der Waals surface area (Å²) in [6, 6.07) is 7.41. The minimum absolute atomic E-state index is 0.0656. The predicted octanol–water partition coefficient (Wildman–Crippen LogP) is 2.13. The van der Waals surface area contributed by atoms with E-state index in [1.54, 1.807) is 0 Å². The highest BCUT2D eigenvalue weighted by molar-refractivity contribution is 5.26. The molecule has 1 aliphatic rings. The van der Waals surface area contributed by atoms with Crippen molar-refractivity contribution >= 4 is 0 Å². The first-order valence-corrected chi connectivity index (χ1v) is 4.98. The summed E-state index contributed by atoms with van der Waals surface area (Å²) in [4.78, 5) is 0. The molecule has 0 saturated carbocycles. The molecule has 0 aliphatic carbocycles. The van der Waals surface area contributed by atoms with E-state index in [-0.39, 0.29) is 12.3 Å². The molecule has 15 heavy (non-hydrogen) atoms. The van der Waals surface area contributed by atoms with Gasteiger partial charge < -0.3 is 9.84 Å². The van der Waals surface area contributed by atoms with Gasteiger partial charge in [-0.2, -0.15) is 10.2 Å². The van der Waals surface area contributed by atoms with Crippen molar-refractivity contribution in [1.82, 2.24) is 0 Å². The first-order chi connectivity index (χ1) is 7.22. The van der Waals surface area contributed by atoms with Gasteiger partial charge in [-0.05, 0) is 24.6 Å². The Labute approximate surface area is 88.6 Å². The van der Waals surface area contributed by atoms with Gasteiger partial charge in [-0.15, -0.1) is 0 Å². The summed E-state index contributed by atoms with van der Waals surface area (Å²) in [6.45, 7) is 2.66. The molecule has 0 saturated heterocycles. The van der Waals surface area contributed by atoms with Crippen molar-refractivity contribution < 1.29 is 9.84 Å².